The molecule has 6 nitrogen and oxygen atoms in total. The largest absolute Gasteiger partial charge is 0.357 e. The number of hydrogen-bond donors (Lipinski definition) is 3. The molecule has 3 N–H and O–H groups in total. The van der Waals surface area contributed by atoms with E-state index in [1.165, 1.54) is 12.1 Å². The topological polar surface area (TPSA) is 82.6 Å². The molecule has 150 valence electrons. The molecule has 0 spiro atoms. The Labute approximate surface area is 165 Å². The van der Waals surface area contributed by atoms with Gasteiger partial charge in [0.05, 0.1) is 11.4 Å². The first-order chi connectivity index (χ1) is 13.5. The van der Waals surface area contributed by atoms with Gasteiger partial charge in [-0.25, -0.2) is 22.5 Å². The van der Waals surface area contributed by atoms with E-state index >= 15 is 0 Å². The summed E-state index contributed by atoms with van der Waals surface area (Å²) in [6.45, 7) is 3.51. The molecule has 2 aromatic rings. The number of sulfonamides is 1. The van der Waals surface area contributed by atoms with E-state index in [-0.39, 0.29) is 16.8 Å². The van der Waals surface area contributed by atoms with Crippen molar-refractivity contribution in [1.82, 2.24) is 15.4 Å². The second-order valence-electron chi connectivity index (χ2n) is 6.72. The monoisotopic (exact) mass is 404 g/mol. The van der Waals surface area contributed by atoms with Crippen LogP contribution in [0.4, 0.5) is 4.39 Å². The Balaban J connectivity index is 1.59. The fraction of sp³-hybridized carbons (Fsp3) is 0.350. The molecule has 0 amide bonds. The molecule has 2 aromatic carbocycles. The van der Waals surface area contributed by atoms with Gasteiger partial charge in [0.15, 0.2) is 5.96 Å². The Morgan fingerprint density at radius 1 is 1.11 bits per heavy atom. The predicted molar refractivity (Wildman–Crippen MR) is 108 cm³/mol. The predicted octanol–water partition coefficient (Wildman–Crippen LogP) is 2.52. The highest BCUT2D eigenvalue weighted by Crippen LogP contribution is 2.22. The van der Waals surface area contributed by atoms with Gasteiger partial charge < -0.3 is 10.6 Å². The van der Waals surface area contributed by atoms with Crippen molar-refractivity contribution >= 4 is 16.0 Å². The Morgan fingerprint density at radius 2 is 1.86 bits per heavy atom. The number of halogens is 1. The lowest BCUT2D eigenvalue weighted by Gasteiger charge is -2.12. The molecule has 1 saturated carbocycles. The lowest BCUT2D eigenvalue weighted by Crippen LogP contribution is -2.36. The zero-order valence-corrected chi connectivity index (χ0v) is 16.6. The van der Waals surface area contributed by atoms with Gasteiger partial charge in [-0.2, -0.15) is 0 Å². The maximum atomic E-state index is 13.3. The third-order valence-corrected chi connectivity index (χ3v) is 5.78. The van der Waals surface area contributed by atoms with Crippen molar-refractivity contribution in [2.75, 3.05) is 6.54 Å². The van der Waals surface area contributed by atoms with Gasteiger partial charge in [-0.3, -0.25) is 0 Å². The van der Waals surface area contributed by atoms with E-state index < -0.39 is 10.0 Å². The van der Waals surface area contributed by atoms with Gasteiger partial charge in [-0.1, -0.05) is 24.3 Å². The van der Waals surface area contributed by atoms with Gasteiger partial charge in [-0.05, 0) is 55.2 Å². The van der Waals surface area contributed by atoms with Crippen LogP contribution in [-0.2, 0) is 23.1 Å². The minimum absolute atomic E-state index is 0.0864. The van der Waals surface area contributed by atoms with E-state index in [2.05, 4.69) is 20.3 Å². The van der Waals surface area contributed by atoms with Crippen LogP contribution in [0.25, 0.3) is 0 Å². The first-order valence-corrected chi connectivity index (χ1v) is 10.8. The third kappa shape index (κ3) is 6.03. The van der Waals surface area contributed by atoms with Crippen LogP contribution >= 0.6 is 0 Å². The summed E-state index contributed by atoms with van der Waals surface area (Å²) in [6.07, 6.45) is 1.81. The highest BCUT2D eigenvalue weighted by Gasteiger charge is 2.27. The molecule has 0 saturated heterocycles. The zero-order valence-electron chi connectivity index (χ0n) is 15.8. The Kier molecular flexibility index (Phi) is 6.64. The van der Waals surface area contributed by atoms with Crippen LogP contribution in [0.1, 0.15) is 30.9 Å². The normalized spacial score (nSPS) is 14.7. The summed E-state index contributed by atoms with van der Waals surface area (Å²) < 4.78 is 40.4. The molecular formula is C20H25FN4O2S. The second-order valence-corrected chi connectivity index (χ2v) is 8.43. The standard InChI is InChI=1S/C20H25FN4O2S/c1-2-22-20(24-14-16-4-3-5-17(21)12-16)23-13-15-6-10-19(11-7-15)28(26,27)25-18-8-9-18/h3-7,10-12,18,25H,2,8-9,13-14H2,1H3,(H2,22,23,24). The lowest BCUT2D eigenvalue weighted by molar-refractivity contribution is 0.581. The summed E-state index contributed by atoms with van der Waals surface area (Å²) in [6, 6.07) is 13.2. The number of nitrogens with zero attached hydrogens (tertiary/aromatic N) is 1. The van der Waals surface area contributed by atoms with Crippen molar-refractivity contribution in [2.45, 2.75) is 43.8 Å². The van der Waals surface area contributed by atoms with Crippen LogP contribution in [0.5, 0.6) is 0 Å². The SMILES string of the molecule is CCNC(=NCc1cccc(F)c1)NCc1ccc(S(=O)(=O)NC2CC2)cc1. The molecule has 0 atom stereocenters. The molecular weight excluding hydrogens is 379 g/mol. The summed E-state index contributed by atoms with van der Waals surface area (Å²) >= 11 is 0. The molecule has 0 aliphatic heterocycles. The number of benzene rings is 2. The Morgan fingerprint density at radius 3 is 2.50 bits per heavy atom. The van der Waals surface area contributed by atoms with Gasteiger partial charge in [0.2, 0.25) is 10.0 Å². The summed E-state index contributed by atoms with van der Waals surface area (Å²) in [4.78, 5) is 4.73. The van der Waals surface area contributed by atoms with Crippen LogP contribution in [0.2, 0.25) is 0 Å². The summed E-state index contributed by atoms with van der Waals surface area (Å²) in [7, 11) is -3.43. The van der Waals surface area contributed by atoms with Gasteiger partial charge in [0.1, 0.15) is 5.82 Å². The molecule has 0 aromatic heterocycles. The molecule has 0 bridgehead atoms. The minimum atomic E-state index is -3.43. The molecule has 1 aliphatic carbocycles. The Bertz CT molecular complexity index is 925. The number of hydrogen-bond acceptors (Lipinski definition) is 3. The van der Waals surface area contributed by atoms with E-state index in [0.29, 0.717) is 25.6 Å². The van der Waals surface area contributed by atoms with E-state index in [9.17, 15) is 12.8 Å². The maximum absolute atomic E-state index is 13.3. The molecule has 1 fully saturated rings. The average molecular weight is 405 g/mol. The van der Waals surface area contributed by atoms with Crippen molar-refractivity contribution in [3.05, 3.63) is 65.5 Å². The summed E-state index contributed by atoms with van der Waals surface area (Å²) in [5.74, 6) is 0.329. The van der Waals surface area contributed by atoms with Crippen LogP contribution in [0.3, 0.4) is 0 Å². The first kappa shape index (κ1) is 20.3. The lowest BCUT2D eigenvalue weighted by atomic mass is 10.2. The molecule has 28 heavy (non-hydrogen) atoms. The van der Waals surface area contributed by atoms with E-state index in [1.54, 1.807) is 30.3 Å². The molecule has 0 heterocycles. The van der Waals surface area contributed by atoms with Gasteiger partial charge in [-0.15, -0.1) is 0 Å². The number of guanidine groups is 1. The highest BCUT2D eigenvalue weighted by molar-refractivity contribution is 7.89. The van der Waals surface area contributed by atoms with E-state index in [0.717, 1.165) is 24.0 Å². The van der Waals surface area contributed by atoms with Gasteiger partial charge in [0.25, 0.3) is 0 Å². The van der Waals surface area contributed by atoms with Crippen LogP contribution in [-0.4, -0.2) is 27.0 Å². The minimum Gasteiger partial charge on any atom is -0.357 e. The molecule has 0 radical (unpaired) electrons. The fourth-order valence-electron chi connectivity index (χ4n) is 2.61. The quantitative estimate of drug-likeness (QED) is 0.466. The number of nitrogens with one attached hydrogen (secondary N) is 3. The van der Waals surface area contributed by atoms with E-state index in [4.69, 9.17) is 0 Å². The summed E-state index contributed by atoms with van der Waals surface area (Å²) in [5.41, 5.74) is 1.72. The van der Waals surface area contributed by atoms with Gasteiger partial charge >= 0.3 is 0 Å². The van der Waals surface area contributed by atoms with Crippen molar-refractivity contribution < 1.29 is 12.8 Å². The Hall–Kier alpha value is -2.45. The third-order valence-electron chi connectivity index (χ3n) is 4.25. The smallest absolute Gasteiger partial charge is 0.240 e. The maximum Gasteiger partial charge on any atom is 0.240 e. The molecule has 8 heteroatoms. The number of aliphatic imine (C=N–C) groups is 1. The van der Waals surface area contributed by atoms with Crippen LogP contribution < -0.4 is 15.4 Å². The van der Waals surface area contributed by atoms with Crippen molar-refractivity contribution in [2.24, 2.45) is 4.99 Å². The molecule has 3 rings (SSSR count). The van der Waals surface area contributed by atoms with Crippen LogP contribution in [0.15, 0.2) is 58.4 Å². The van der Waals surface area contributed by atoms with Crippen molar-refractivity contribution in [3.63, 3.8) is 0 Å². The van der Waals surface area contributed by atoms with Crippen molar-refractivity contribution in [1.29, 1.82) is 0 Å². The van der Waals surface area contributed by atoms with E-state index in [1.807, 2.05) is 13.0 Å². The highest BCUT2D eigenvalue weighted by atomic mass is 32.2. The average Bonchev–Trinajstić information content (AvgIpc) is 3.48. The second kappa shape index (κ2) is 9.16. The molecule has 0 unspecified atom stereocenters. The first-order valence-electron chi connectivity index (χ1n) is 9.34. The fourth-order valence-corrected chi connectivity index (χ4v) is 3.91. The van der Waals surface area contributed by atoms with Crippen LogP contribution in [0, 0.1) is 5.82 Å². The zero-order chi connectivity index (χ0) is 20.0. The number of rotatable bonds is 8. The summed E-state index contributed by atoms with van der Waals surface area (Å²) in [5, 5.41) is 6.34. The molecule has 1 aliphatic rings. The van der Waals surface area contributed by atoms with Crippen molar-refractivity contribution in [3.8, 4) is 0 Å². The van der Waals surface area contributed by atoms with Gasteiger partial charge in [0, 0.05) is 19.1 Å².